The number of aromatic nitrogens is 2. The summed E-state index contributed by atoms with van der Waals surface area (Å²) in [5.41, 5.74) is 5.01. The molecule has 0 bridgehead atoms. The fourth-order valence-corrected chi connectivity index (χ4v) is 5.98. The number of nitrogens with zero attached hydrogens (tertiary/aromatic N) is 3. The average Bonchev–Trinajstić information content (AvgIpc) is 3.43. The summed E-state index contributed by atoms with van der Waals surface area (Å²) in [4.78, 5) is 23.4. The number of anilines is 2. The molecule has 11 heteroatoms. The summed E-state index contributed by atoms with van der Waals surface area (Å²) in [6.45, 7) is 8.62. The second-order valence-electron chi connectivity index (χ2n) is 10.3. The number of nitrogens with one attached hydrogen (secondary N) is 1. The maximum Gasteiger partial charge on any atom is 0.281 e. The largest absolute Gasteiger partial charge is 0.472 e. The Balaban J connectivity index is 1.71. The lowest BCUT2D eigenvalue weighted by Crippen LogP contribution is -2.44. The molecular formula is C25H34FN5O4S. The van der Waals surface area contributed by atoms with Gasteiger partial charge in [-0.05, 0) is 70.1 Å². The van der Waals surface area contributed by atoms with Crippen LogP contribution < -0.4 is 20.1 Å². The highest BCUT2D eigenvalue weighted by Crippen LogP contribution is 2.40. The summed E-state index contributed by atoms with van der Waals surface area (Å²) < 4.78 is 48.8. The molecular weight excluding hydrogens is 485 g/mol. The first kappa shape index (κ1) is 26.1. The number of amides is 1. The monoisotopic (exact) mass is 519 g/mol. The van der Waals surface area contributed by atoms with Crippen molar-refractivity contribution in [1.29, 1.82) is 0 Å². The van der Waals surface area contributed by atoms with Crippen molar-refractivity contribution in [2.75, 3.05) is 17.2 Å². The molecule has 0 radical (unpaired) electrons. The van der Waals surface area contributed by atoms with Gasteiger partial charge in [-0.15, -0.1) is 0 Å². The van der Waals surface area contributed by atoms with Gasteiger partial charge in [0.05, 0.1) is 5.56 Å². The summed E-state index contributed by atoms with van der Waals surface area (Å²) in [6.07, 6.45) is 4.88. The molecule has 2 fully saturated rings. The third kappa shape index (κ3) is 5.11. The van der Waals surface area contributed by atoms with Gasteiger partial charge in [0.1, 0.15) is 17.7 Å². The summed E-state index contributed by atoms with van der Waals surface area (Å²) in [7, 11) is -4.35. The summed E-state index contributed by atoms with van der Waals surface area (Å²) >= 11 is 0. The lowest BCUT2D eigenvalue weighted by Gasteiger charge is -2.36. The van der Waals surface area contributed by atoms with Gasteiger partial charge >= 0.3 is 0 Å². The molecule has 2 aromatic rings. The van der Waals surface area contributed by atoms with Crippen LogP contribution in [0.25, 0.3) is 0 Å². The molecule has 3 N–H and O–H groups in total. The number of ether oxygens (including phenoxy) is 1. The summed E-state index contributed by atoms with van der Waals surface area (Å²) in [6, 6.07) is 5.08. The van der Waals surface area contributed by atoms with Gasteiger partial charge in [-0.1, -0.05) is 25.8 Å². The van der Waals surface area contributed by atoms with Crippen LogP contribution in [0.15, 0.2) is 29.3 Å². The summed E-state index contributed by atoms with van der Waals surface area (Å²) in [5.74, 6) is -1.25. The minimum atomic E-state index is -4.35. The van der Waals surface area contributed by atoms with Gasteiger partial charge < -0.3 is 15.4 Å². The van der Waals surface area contributed by atoms with Gasteiger partial charge in [0, 0.05) is 12.1 Å². The number of hydrogen-bond donors (Lipinski definition) is 2. The molecule has 2 aliphatic rings. The van der Waals surface area contributed by atoms with Gasteiger partial charge in [0.2, 0.25) is 0 Å². The van der Waals surface area contributed by atoms with Crippen molar-refractivity contribution in [2.45, 2.75) is 76.5 Å². The van der Waals surface area contributed by atoms with E-state index in [4.69, 9.17) is 10.5 Å². The van der Waals surface area contributed by atoms with E-state index in [1.165, 1.54) is 18.2 Å². The molecule has 1 saturated carbocycles. The standard InChI is InChI=1S/C25H34FN5O4S/c1-15-12-13-31(25(15,3)4)22-18(23(32)30-36(33,34)21-11-7-10-20(27)28-21)14-19(26)24(29-22)35-16(2)17-8-5-6-9-17/h7,10-11,14-17H,5-6,8-9,12-13H2,1-4H3,(H2,27,28)(H,30,32). The van der Waals surface area contributed by atoms with E-state index in [-0.39, 0.29) is 35.1 Å². The number of rotatable bonds is 7. The molecule has 36 heavy (non-hydrogen) atoms. The number of nitrogen functional groups attached to an aromatic ring is 1. The van der Waals surface area contributed by atoms with Crippen molar-refractivity contribution < 1.29 is 22.3 Å². The molecule has 9 nitrogen and oxygen atoms in total. The molecule has 1 amide bonds. The zero-order chi connectivity index (χ0) is 26.3. The topological polar surface area (TPSA) is 128 Å². The number of carbonyl (C=O) groups is 1. The van der Waals surface area contributed by atoms with Crippen molar-refractivity contribution >= 4 is 27.6 Å². The Morgan fingerprint density at radius 3 is 2.56 bits per heavy atom. The van der Waals surface area contributed by atoms with Crippen molar-refractivity contribution in [3.63, 3.8) is 0 Å². The van der Waals surface area contributed by atoms with E-state index >= 15 is 4.39 Å². The third-order valence-electron chi connectivity index (χ3n) is 7.72. The summed E-state index contributed by atoms with van der Waals surface area (Å²) in [5, 5.41) is -0.411. The lowest BCUT2D eigenvalue weighted by molar-refractivity contribution is 0.0980. The van der Waals surface area contributed by atoms with Crippen molar-refractivity contribution in [3.8, 4) is 5.88 Å². The van der Waals surface area contributed by atoms with Crippen LogP contribution in [0, 0.1) is 17.7 Å². The quantitative estimate of drug-likeness (QED) is 0.564. The Bertz CT molecular complexity index is 1250. The Kier molecular flexibility index (Phi) is 7.14. The zero-order valence-corrected chi connectivity index (χ0v) is 21.9. The third-order valence-corrected chi connectivity index (χ3v) is 8.95. The first-order chi connectivity index (χ1) is 16.9. The minimum absolute atomic E-state index is 0.00980. The molecule has 0 aromatic carbocycles. The number of sulfonamides is 1. The number of hydrogen-bond acceptors (Lipinski definition) is 8. The maximum atomic E-state index is 15.2. The first-order valence-electron chi connectivity index (χ1n) is 12.3. The van der Waals surface area contributed by atoms with E-state index in [0.29, 0.717) is 12.5 Å². The van der Waals surface area contributed by atoms with Crippen LogP contribution in [0.1, 0.15) is 70.2 Å². The van der Waals surface area contributed by atoms with E-state index in [1.807, 2.05) is 30.4 Å². The Hall–Kier alpha value is -2.95. The first-order valence-corrected chi connectivity index (χ1v) is 13.8. The molecule has 1 aliphatic carbocycles. The highest BCUT2D eigenvalue weighted by Gasteiger charge is 2.41. The predicted molar refractivity (Wildman–Crippen MR) is 135 cm³/mol. The van der Waals surface area contributed by atoms with Crippen LogP contribution in [0.4, 0.5) is 16.0 Å². The molecule has 1 saturated heterocycles. The molecule has 2 atom stereocenters. The van der Waals surface area contributed by atoms with Crippen LogP contribution in [0.5, 0.6) is 5.88 Å². The van der Waals surface area contributed by atoms with Crippen LogP contribution in [-0.4, -0.2) is 42.5 Å². The predicted octanol–water partition coefficient (Wildman–Crippen LogP) is 3.90. The average molecular weight is 520 g/mol. The van der Waals surface area contributed by atoms with E-state index < -0.39 is 32.3 Å². The van der Waals surface area contributed by atoms with Crippen LogP contribution in [0.3, 0.4) is 0 Å². The van der Waals surface area contributed by atoms with Gasteiger partial charge in [0.15, 0.2) is 10.8 Å². The lowest BCUT2D eigenvalue weighted by atomic mass is 9.90. The Labute approximate surface area is 211 Å². The van der Waals surface area contributed by atoms with E-state index in [0.717, 1.165) is 38.2 Å². The SMILES string of the molecule is CC(Oc1nc(N2CCC(C)C2(C)C)c(C(=O)NS(=O)(=O)c2cccc(N)n2)cc1F)C1CCCC1. The number of pyridine rings is 2. The number of carbonyl (C=O) groups excluding carboxylic acids is 1. The van der Waals surface area contributed by atoms with E-state index in [1.54, 1.807) is 0 Å². The highest BCUT2D eigenvalue weighted by atomic mass is 32.2. The molecule has 1 aliphatic heterocycles. The normalized spacial score (nSPS) is 20.9. The van der Waals surface area contributed by atoms with Gasteiger partial charge in [-0.3, -0.25) is 4.79 Å². The van der Waals surface area contributed by atoms with Gasteiger partial charge in [-0.2, -0.15) is 13.4 Å². The minimum Gasteiger partial charge on any atom is -0.472 e. The highest BCUT2D eigenvalue weighted by molar-refractivity contribution is 7.90. The molecule has 2 unspecified atom stereocenters. The molecule has 4 rings (SSSR count). The fraction of sp³-hybridized carbons (Fsp3) is 0.560. The molecule has 0 spiro atoms. The second-order valence-corrected chi connectivity index (χ2v) is 12.0. The number of halogens is 1. The fourth-order valence-electron chi connectivity index (χ4n) is 5.04. The Morgan fingerprint density at radius 2 is 1.94 bits per heavy atom. The van der Waals surface area contributed by atoms with E-state index in [2.05, 4.69) is 16.9 Å². The molecule has 3 heterocycles. The van der Waals surface area contributed by atoms with Gasteiger partial charge in [0.25, 0.3) is 21.8 Å². The van der Waals surface area contributed by atoms with Crippen molar-refractivity contribution in [3.05, 3.63) is 35.6 Å². The molecule has 2 aromatic heterocycles. The van der Waals surface area contributed by atoms with Gasteiger partial charge in [-0.25, -0.2) is 14.1 Å². The van der Waals surface area contributed by atoms with E-state index in [9.17, 15) is 13.2 Å². The van der Waals surface area contributed by atoms with Crippen LogP contribution in [0.2, 0.25) is 0 Å². The zero-order valence-electron chi connectivity index (χ0n) is 21.1. The van der Waals surface area contributed by atoms with Crippen LogP contribution in [-0.2, 0) is 10.0 Å². The Morgan fingerprint density at radius 1 is 1.25 bits per heavy atom. The molecule has 196 valence electrons. The van der Waals surface area contributed by atoms with Crippen molar-refractivity contribution in [1.82, 2.24) is 14.7 Å². The smallest absolute Gasteiger partial charge is 0.281 e. The van der Waals surface area contributed by atoms with Crippen LogP contribution >= 0.6 is 0 Å². The second kappa shape index (κ2) is 9.84. The van der Waals surface area contributed by atoms with Crippen molar-refractivity contribution in [2.24, 2.45) is 11.8 Å². The maximum absolute atomic E-state index is 15.2. The number of nitrogens with two attached hydrogens (primary N) is 1.